The molecule has 0 saturated heterocycles. The molecule has 2 unspecified atom stereocenters. The smallest absolute Gasteiger partial charge is 0.306 e. The number of hydrogen-bond donors (Lipinski definition) is 0. The zero-order chi connectivity index (χ0) is 30.3. The lowest BCUT2D eigenvalue weighted by Gasteiger charge is -2.61. The van der Waals surface area contributed by atoms with Crippen molar-refractivity contribution in [1.82, 2.24) is 0 Å². The molecule has 4 fully saturated rings. The molecular formula is C40H72O2. The monoisotopic (exact) mass is 585 g/mol. The summed E-state index contributed by atoms with van der Waals surface area (Å²) in [6, 6.07) is 0. The topological polar surface area (TPSA) is 26.3 Å². The first-order valence-corrected chi connectivity index (χ1v) is 19.3. The van der Waals surface area contributed by atoms with Gasteiger partial charge in [-0.15, -0.1) is 0 Å². The van der Waals surface area contributed by atoms with E-state index in [1.54, 1.807) is 0 Å². The second-order valence-electron chi connectivity index (χ2n) is 17.1. The Kier molecular flexibility index (Phi) is 12.8. The number of rotatable bonds is 16. The van der Waals surface area contributed by atoms with Crippen LogP contribution in [0.3, 0.4) is 0 Å². The first-order valence-electron chi connectivity index (χ1n) is 19.3. The van der Waals surface area contributed by atoms with Crippen LogP contribution in [0, 0.1) is 58.2 Å². The maximum atomic E-state index is 12.7. The van der Waals surface area contributed by atoms with E-state index in [9.17, 15) is 4.79 Å². The average Bonchev–Trinajstić information content (AvgIpc) is 3.32. The highest BCUT2D eigenvalue weighted by atomic mass is 16.5. The fourth-order valence-corrected chi connectivity index (χ4v) is 11.2. The molecule has 0 aromatic rings. The fraction of sp³-hybridized carbons (Fsp3) is 0.975. The SMILES string of the molecule is CCCCCCCCCCCC(=O)OC1CC[C@@]2(C)C(CC[C@H]3[C@@H]4CC[C@H]([C@H](C)CC[C@@H](C)C(C)C)[C@@]4(C)CC[C@@H]32)C1. The molecule has 0 aliphatic heterocycles. The maximum absolute atomic E-state index is 12.7. The fourth-order valence-electron chi connectivity index (χ4n) is 11.2. The number of ether oxygens (including phenoxy) is 1. The van der Waals surface area contributed by atoms with Gasteiger partial charge in [0, 0.05) is 6.42 Å². The van der Waals surface area contributed by atoms with E-state index in [-0.39, 0.29) is 12.1 Å². The molecule has 244 valence electrons. The van der Waals surface area contributed by atoms with Crippen LogP contribution in [0.5, 0.6) is 0 Å². The van der Waals surface area contributed by atoms with E-state index in [0.717, 1.165) is 66.6 Å². The van der Waals surface area contributed by atoms with E-state index in [1.165, 1.54) is 109 Å². The van der Waals surface area contributed by atoms with Crippen molar-refractivity contribution >= 4 is 5.97 Å². The highest BCUT2D eigenvalue weighted by Crippen LogP contribution is 2.68. The Bertz CT molecular complexity index is 818. The molecule has 2 heteroatoms. The molecule has 0 aromatic carbocycles. The number of carbonyl (C=O) groups excluding carboxylic acids is 1. The van der Waals surface area contributed by atoms with Gasteiger partial charge in [0.05, 0.1) is 0 Å². The van der Waals surface area contributed by atoms with Crippen LogP contribution >= 0.6 is 0 Å². The molecule has 4 aliphatic rings. The summed E-state index contributed by atoms with van der Waals surface area (Å²) in [6.45, 7) is 17.5. The maximum Gasteiger partial charge on any atom is 0.306 e. The van der Waals surface area contributed by atoms with Crippen LogP contribution in [0.1, 0.15) is 183 Å². The van der Waals surface area contributed by atoms with Gasteiger partial charge in [-0.1, -0.05) is 113 Å². The van der Waals surface area contributed by atoms with E-state index in [2.05, 4.69) is 48.5 Å². The number of hydrogen-bond acceptors (Lipinski definition) is 2. The van der Waals surface area contributed by atoms with Crippen molar-refractivity contribution in [3.63, 3.8) is 0 Å². The molecule has 0 bridgehead atoms. The third kappa shape index (κ3) is 8.00. The van der Waals surface area contributed by atoms with Gasteiger partial charge in [-0.2, -0.15) is 0 Å². The summed E-state index contributed by atoms with van der Waals surface area (Å²) in [5.41, 5.74) is 1.05. The van der Waals surface area contributed by atoms with Crippen molar-refractivity contribution < 1.29 is 9.53 Å². The zero-order valence-corrected chi connectivity index (χ0v) is 29.4. The number of unbranched alkanes of at least 4 members (excludes halogenated alkanes) is 8. The van der Waals surface area contributed by atoms with Crippen LogP contribution < -0.4 is 0 Å². The van der Waals surface area contributed by atoms with Crippen molar-refractivity contribution in [2.24, 2.45) is 58.2 Å². The summed E-state index contributed by atoms with van der Waals surface area (Å²) in [6.07, 6.45) is 27.6. The molecule has 4 aliphatic carbocycles. The van der Waals surface area contributed by atoms with E-state index in [1.807, 2.05) is 0 Å². The molecule has 0 aromatic heterocycles. The number of esters is 1. The Morgan fingerprint density at radius 2 is 1.38 bits per heavy atom. The summed E-state index contributed by atoms with van der Waals surface area (Å²) in [5, 5.41) is 0. The molecular weight excluding hydrogens is 512 g/mol. The van der Waals surface area contributed by atoms with Gasteiger partial charge in [-0.25, -0.2) is 0 Å². The van der Waals surface area contributed by atoms with Gasteiger partial charge in [-0.3, -0.25) is 4.79 Å². The second-order valence-corrected chi connectivity index (χ2v) is 17.1. The highest BCUT2D eigenvalue weighted by Gasteiger charge is 2.60. The quantitative estimate of drug-likeness (QED) is 0.133. The molecule has 2 nitrogen and oxygen atoms in total. The second kappa shape index (κ2) is 15.7. The van der Waals surface area contributed by atoms with Crippen molar-refractivity contribution in [3.8, 4) is 0 Å². The van der Waals surface area contributed by atoms with Crippen molar-refractivity contribution in [2.75, 3.05) is 0 Å². The van der Waals surface area contributed by atoms with Crippen LogP contribution in [0.4, 0.5) is 0 Å². The third-order valence-electron chi connectivity index (χ3n) is 14.4. The molecule has 0 radical (unpaired) electrons. The zero-order valence-electron chi connectivity index (χ0n) is 29.4. The highest BCUT2D eigenvalue weighted by molar-refractivity contribution is 5.69. The Morgan fingerprint density at radius 1 is 0.738 bits per heavy atom. The van der Waals surface area contributed by atoms with Crippen LogP contribution in [0.15, 0.2) is 0 Å². The normalized spacial score (nSPS) is 37.5. The molecule has 0 spiro atoms. The van der Waals surface area contributed by atoms with Crippen LogP contribution in [0.2, 0.25) is 0 Å². The lowest BCUT2D eigenvalue weighted by atomic mass is 9.44. The van der Waals surface area contributed by atoms with Crippen molar-refractivity contribution in [3.05, 3.63) is 0 Å². The largest absolute Gasteiger partial charge is 0.462 e. The molecule has 42 heavy (non-hydrogen) atoms. The van der Waals surface area contributed by atoms with Gasteiger partial charge < -0.3 is 4.74 Å². The molecule has 0 N–H and O–H groups in total. The Morgan fingerprint density at radius 3 is 2.07 bits per heavy atom. The summed E-state index contributed by atoms with van der Waals surface area (Å²) in [5.74, 6) is 7.14. The van der Waals surface area contributed by atoms with Gasteiger partial charge >= 0.3 is 5.97 Å². The minimum atomic E-state index is 0.0857. The van der Waals surface area contributed by atoms with Crippen molar-refractivity contribution in [2.45, 2.75) is 189 Å². The standard InChI is InChI=1S/C40H72O2/c1-8-9-10-11-12-13-14-15-16-17-38(41)42-33-24-26-39(6)32(28-33)20-21-34-36-23-22-35(40(36,7)27-25-37(34)39)31(5)19-18-30(4)29(2)3/h29-37H,8-28H2,1-7H3/t30-,31-,32?,33?,34+,35-,36+,37+,39+,40-/m1/s1. The molecule has 10 atom stereocenters. The Balaban J connectivity index is 1.22. The number of carbonyl (C=O) groups is 1. The van der Waals surface area contributed by atoms with Crippen LogP contribution in [-0.2, 0) is 9.53 Å². The molecule has 0 amide bonds. The van der Waals surface area contributed by atoms with Gasteiger partial charge in [0.2, 0.25) is 0 Å². The molecule has 0 heterocycles. The Labute approximate surface area is 262 Å². The predicted molar refractivity (Wildman–Crippen MR) is 179 cm³/mol. The lowest BCUT2D eigenvalue weighted by Crippen LogP contribution is -2.54. The van der Waals surface area contributed by atoms with Crippen LogP contribution in [-0.4, -0.2) is 12.1 Å². The first-order chi connectivity index (χ1) is 20.1. The lowest BCUT2D eigenvalue weighted by molar-refractivity contribution is -0.162. The molecule has 4 saturated carbocycles. The van der Waals surface area contributed by atoms with Gasteiger partial charge in [-0.05, 0) is 122 Å². The summed E-state index contributed by atoms with van der Waals surface area (Å²) in [7, 11) is 0. The van der Waals surface area contributed by atoms with Crippen LogP contribution in [0.25, 0.3) is 0 Å². The van der Waals surface area contributed by atoms with Gasteiger partial charge in [0.25, 0.3) is 0 Å². The minimum absolute atomic E-state index is 0.0857. The molecule has 4 rings (SSSR count). The van der Waals surface area contributed by atoms with E-state index < -0.39 is 0 Å². The van der Waals surface area contributed by atoms with E-state index >= 15 is 0 Å². The van der Waals surface area contributed by atoms with E-state index in [4.69, 9.17) is 4.74 Å². The number of fused-ring (bicyclic) bond motifs is 5. The summed E-state index contributed by atoms with van der Waals surface area (Å²) < 4.78 is 6.13. The summed E-state index contributed by atoms with van der Waals surface area (Å²) in [4.78, 5) is 12.7. The Hall–Kier alpha value is -0.530. The van der Waals surface area contributed by atoms with E-state index in [0.29, 0.717) is 17.3 Å². The van der Waals surface area contributed by atoms with Gasteiger partial charge in [0.15, 0.2) is 0 Å². The average molecular weight is 585 g/mol. The first kappa shape index (κ1) is 34.3. The van der Waals surface area contributed by atoms with Gasteiger partial charge in [0.1, 0.15) is 6.10 Å². The predicted octanol–water partition coefficient (Wildman–Crippen LogP) is 12.2. The summed E-state index contributed by atoms with van der Waals surface area (Å²) >= 11 is 0. The van der Waals surface area contributed by atoms with Crippen molar-refractivity contribution in [1.29, 1.82) is 0 Å². The third-order valence-corrected chi connectivity index (χ3v) is 14.4. The minimum Gasteiger partial charge on any atom is -0.462 e.